The molecule has 0 heterocycles. The highest BCUT2D eigenvalue weighted by Crippen LogP contribution is 2.18. The molecule has 1 rings (SSSR count). The summed E-state index contributed by atoms with van der Waals surface area (Å²) in [6.45, 7) is 0.217. The Kier molecular flexibility index (Phi) is 4.31. The van der Waals surface area contributed by atoms with Crippen molar-refractivity contribution in [1.29, 1.82) is 0 Å². The lowest BCUT2D eigenvalue weighted by Crippen LogP contribution is -2.28. The van der Waals surface area contributed by atoms with E-state index in [2.05, 4.69) is 5.32 Å². The van der Waals surface area contributed by atoms with Crippen molar-refractivity contribution in [3.8, 4) is 0 Å². The summed E-state index contributed by atoms with van der Waals surface area (Å²) in [5.41, 5.74) is 0.771. The minimum atomic E-state index is -0.274. The van der Waals surface area contributed by atoms with Gasteiger partial charge in [0.1, 0.15) is 5.82 Å². The quantitative estimate of drug-likeness (QED) is 0.863. The second-order valence-corrected chi connectivity index (χ2v) is 4.43. The number of hydrogen-bond donors (Lipinski definition) is 1. The average molecular weight is 322 g/mol. The largest absolute Gasteiger partial charge is 0.375 e. The number of carbonyl (C=O) groups is 1. The molecule has 0 aromatic heterocycles. The zero-order valence-corrected chi connectivity index (χ0v) is 10.7. The first-order valence-corrected chi connectivity index (χ1v) is 5.47. The number of nitrogens with zero attached hydrogens (tertiary/aromatic N) is 1. The third kappa shape index (κ3) is 3.65. The van der Waals surface area contributed by atoms with E-state index in [1.54, 1.807) is 20.2 Å². The predicted molar refractivity (Wildman–Crippen MR) is 66.3 cm³/mol. The highest BCUT2D eigenvalue weighted by molar-refractivity contribution is 14.1. The van der Waals surface area contributed by atoms with E-state index in [-0.39, 0.29) is 18.3 Å². The van der Waals surface area contributed by atoms with Crippen LogP contribution in [0.5, 0.6) is 0 Å². The molecule has 0 unspecified atom stereocenters. The Morgan fingerprint density at radius 1 is 1.53 bits per heavy atom. The number of carbonyl (C=O) groups excluding carboxylic acids is 1. The minimum Gasteiger partial charge on any atom is -0.375 e. The number of anilines is 1. The maximum Gasteiger partial charge on any atom is 0.241 e. The normalized spacial score (nSPS) is 9.87. The summed E-state index contributed by atoms with van der Waals surface area (Å²) in [6, 6.07) is 4.41. The van der Waals surface area contributed by atoms with Gasteiger partial charge >= 0.3 is 0 Å². The summed E-state index contributed by atoms with van der Waals surface area (Å²) in [5, 5.41) is 2.96. The van der Waals surface area contributed by atoms with Crippen LogP contribution in [0.1, 0.15) is 0 Å². The second-order valence-electron chi connectivity index (χ2n) is 3.27. The van der Waals surface area contributed by atoms with E-state index >= 15 is 0 Å². The van der Waals surface area contributed by atoms with Crippen molar-refractivity contribution in [3.63, 3.8) is 0 Å². The maximum absolute atomic E-state index is 12.8. The van der Waals surface area contributed by atoms with Gasteiger partial charge in [0.05, 0.1) is 6.54 Å². The molecule has 0 aliphatic rings. The van der Waals surface area contributed by atoms with E-state index in [0.29, 0.717) is 0 Å². The first-order valence-electron chi connectivity index (χ1n) is 4.40. The zero-order valence-electron chi connectivity index (χ0n) is 8.55. The topological polar surface area (TPSA) is 32.3 Å². The molecule has 0 saturated heterocycles. The molecule has 0 aliphatic carbocycles. The van der Waals surface area contributed by atoms with Gasteiger partial charge in [-0.25, -0.2) is 4.39 Å². The SMILES string of the molecule is CN(C)C(=O)CNc1ccc(F)cc1I. The Hall–Kier alpha value is -0.850. The van der Waals surface area contributed by atoms with Crippen molar-refractivity contribution < 1.29 is 9.18 Å². The fourth-order valence-corrected chi connectivity index (χ4v) is 1.63. The molecular formula is C10H12FIN2O. The summed E-state index contributed by atoms with van der Waals surface area (Å²) >= 11 is 2.02. The van der Waals surface area contributed by atoms with Crippen molar-refractivity contribution in [2.75, 3.05) is 26.0 Å². The van der Waals surface area contributed by atoms with Gasteiger partial charge in [0.15, 0.2) is 0 Å². The second kappa shape index (κ2) is 5.29. The number of likely N-dealkylation sites (N-methyl/N-ethyl adjacent to an activating group) is 1. The molecule has 0 radical (unpaired) electrons. The number of benzene rings is 1. The van der Waals surface area contributed by atoms with Gasteiger partial charge in [-0.05, 0) is 40.8 Å². The minimum absolute atomic E-state index is 0.0184. The van der Waals surface area contributed by atoms with Crippen LogP contribution in [0.15, 0.2) is 18.2 Å². The first kappa shape index (κ1) is 12.2. The Labute approximate surface area is 102 Å². The van der Waals surface area contributed by atoms with Crippen molar-refractivity contribution in [2.45, 2.75) is 0 Å². The molecule has 1 aromatic carbocycles. The van der Waals surface area contributed by atoms with Crippen LogP contribution < -0.4 is 5.32 Å². The van der Waals surface area contributed by atoms with Gasteiger partial charge in [-0.3, -0.25) is 4.79 Å². The number of nitrogens with one attached hydrogen (secondary N) is 1. The number of amides is 1. The molecule has 0 spiro atoms. The molecule has 0 atom stereocenters. The molecule has 15 heavy (non-hydrogen) atoms. The van der Waals surface area contributed by atoms with Crippen LogP contribution in [0.3, 0.4) is 0 Å². The van der Waals surface area contributed by atoms with E-state index in [0.717, 1.165) is 9.26 Å². The summed E-state index contributed by atoms with van der Waals surface area (Å²) < 4.78 is 13.5. The number of hydrogen-bond acceptors (Lipinski definition) is 2. The molecule has 0 fully saturated rings. The van der Waals surface area contributed by atoms with E-state index in [9.17, 15) is 9.18 Å². The first-order chi connectivity index (χ1) is 7.00. The van der Waals surface area contributed by atoms with Gasteiger partial charge in [0.25, 0.3) is 0 Å². The Bertz CT molecular complexity index is 368. The summed E-state index contributed by atoms with van der Waals surface area (Å²) in [6.07, 6.45) is 0. The van der Waals surface area contributed by atoms with Crippen LogP contribution in [-0.4, -0.2) is 31.4 Å². The standard InChI is InChI=1S/C10H12FIN2O/c1-14(2)10(15)6-13-9-4-3-7(11)5-8(9)12/h3-5,13H,6H2,1-2H3. The fraction of sp³-hybridized carbons (Fsp3) is 0.300. The van der Waals surface area contributed by atoms with Crippen LogP contribution in [0.4, 0.5) is 10.1 Å². The van der Waals surface area contributed by atoms with Gasteiger partial charge in [-0.15, -0.1) is 0 Å². The van der Waals surface area contributed by atoms with Gasteiger partial charge in [0, 0.05) is 23.4 Å². The van der Waals surface area contributed by atoms with E-state index in [4.69, 9.17) is 0 Å². The fourth-order valence-electron chi connectivity index (χ4n) is 0.962. The Morgan fingerprint density at radius 3 is 2.73 bits per heavy atom. The van der Waals surface area contributed by atoms with Crippen LogP contribution in [0.25, 0.3) is 0 Å². The predicted octanol–water partition coefficient (Wildman–Crippen LogP) is 1.93. The Balaban J connectivity index is 2.62. The van der Waals surface area contributed by atoms with Crippen molar-refractivity contribution in [3.05, 3.63) is 27.6 Å². The summed E-state index contributed by atoms with van der Waals surface area (Å²) in [4.78, 5) is 12.8. The lowest BCUT2D eigenvalue weighted by atomic mass is 10.3. The smallest absolute Gasteiger partial charge is 0.241 e. The molecule has 1 aromatic rings. The lowest BCUT2D eigenvalue weighted by Gasteiger charge is -2.12. The third-order valence-electron chi connectivity index (χ3n) is 1.86. The lowest BCUT2D eigenvalue weighted by molar-refractivity contribution is -0.126. The number of rotatable bonds is 3. The maximum atomic E-state index is 12.8. The highest BCUT2D eigenvalue weighted by Gasteiger charge is 2.05. The van der Waals surface area contributed by atoms with Crippen molar-refractivity contribution in [1.82, 2.24) is 4.90 Å². The molecule has 1 N–H and O–H groups in total. The van der Waals surface area contributed by atoms with Gasteiger partial charge in [-0.1, -0.05) is 0 Å². The molecule has 3 nitrogen and oxygen atoms in total. The highest BCUT2D eigenvalue weighted by atomic mass is 127. The molecule has 1 amide bonds. The van der Waals surface area contributed by atoms with E-state index in [1.165, 1.54) is 17.0 Å². The number of halogens is 2. The zero-order chi connectivity index (χ0) is 11.4. The van der Waals surface area contributed by atoms with Gasteiger partial charge < -0.3 is 10.2 Å². The Morgan fingerprint density at radius 2 is 2.20 bits per heavy atom. The summed E-state index contributed by atoms with van der Waals surface area (Å²) in [5.74, 6) is -0.293. The van der Waals surface area contributed by atoms with Crippen molar-refractivity contribution >= 4 is 34.2 Å². The van der Waals surface area contributed by atoms with Gasteiger partial charge in [0.2, 0.25) is 5.91 Å². The van der Waals surface area contributed by atoms with Crippen LogP contribution in [-0.2, 0) is 4.79 Å². The van der Waals surface area contributed by atoms with Crippen LogP contribution >= 0.6 is 22.6 Å². The van der Waals surface area contributed by atoms with Crippen LogP contribution in [0, 0.1) is 9.39 Å². The summed E-state index contributed by atoms with van der Waals surface area (Å²) in [7, 11) is 3.39. The van der Waals surface area contributed by atoms with Gasteiger partial charge in [-0.2, -0.15) is 0 Å². The molecule has 0 bridgehead atoms. The molecule has 82 valence electrons. The molecule has 5 heteroatoms. The molecular weight excluding hydrogens is 310 g/mol. The van der Waals surface area contributed by atoms with Crippen molar-refractivity contribution in [2.24, 2.45) is 0 Å². The molecule has 0 saturated carbocycles. The monoisotopic (exact) mass is 322 g/mol. The average Bonchev–Trinajstić information content (AvgIpc) is 2.15. The van der Waals surface area contributed by atoms with Crippen LogP contribution in [0.2, 0.25) is 0 Å². The third-order valence-corrected chi connectivity index (χ3v) is 2.75. The van der Waals surface area contributed by atoms with E-state index in [1.807, 2.05) is 22.6 Å². The van der Waals surface area contributed by atoms with E-state index < -0.39 is 0 Å². The molecule has 0 aliphatic heterocycles.